The fraction of sp³-hybridized carbons (Fsp3) is 0.357. The predicted molar refractivity (Wildman–Crippen MR) is 76.1 cm³/mol. The number of carbonyl (C=O) groups excluding carboxylic acids is 1. The molecule has 0 saturated carbocycles. The van der Waals surface area contributed by atoms with E-state index in [2.05, 4.69) is 0 Å². The number of nitro groups is 1. The van der Waals surface area contributed by atoms with E-state index < -0.39 is 10.5 Å². The van der Waals surface area contributed by atoms with Crippen molar-refractivity contribution in [3.63, 3.8) is 0 Å². The summed E-state index contributed by atoms with van der Waals surface area (Å²) in [6.07, 6.45) is 2.84. The molecule has 0 heterocycles. The number of benzene rings is 1. The summed E-state index contributed by atoms with van der Waals surface area (Å²) in [7, 11) is 1.59. The molecule has 0 aliphatic heterocycles. The van der Waals surface area contributed by atoms with Gasteiger partial charge in [-0.2, -0.15) is 0 Å². The van der Waals surface area contributed by atoms with Crippen LogP contribution in [0.3, 0.4) is 0 Å². The van der Waals surface area contributed by atoms with Crippen LogP contribution < -0.4 is 0 Å². The zero-order chi connectivity index (χ0) is 15.3. The summed E-state index contributed by atoms with van der Waals surface area (Å²) < 4.78 is 0. The van der Waals surface area contributed by atoms with Crippen molar-refractivity contribution < 1.29 is 14.8 Å². The van der Waals surface area contributed by atoms with Gasteiger partial charge in [0.15, 0.2) is 0 Å². The van der Waals surface area contributed by atoms with Crippen LogP contribution in [0.1, 0.15) is 19.4 Å². The Kier molecular flexibility index (Phi) is 4.99. The molecule has 6 nitrogen and oxygen atoms in total. The maximum absolute atomic E-state index is 11.9. The number of carbonyl (C=O) groups is 1. The number of aliphatic hydroxyl groups is 1. The van der Waals surface area contributed by atoms with Gasteiger partial charge in [-0.3, -0.25) is 14.9 Å². The lowest BCUT2D eigenvalue weighted by Crippen LogP contribution is -2.47. The zero-order valence-corrected chi connectivity index (χ0v) is 11.7. The number of non-ortho nitro benzene ring substituents is 1. The minimum atomic E-state index is -0.663. The average molecular weight is 278 g/mol. The van der Waals surface area contributed by atoms with E-state index in [0.29, 0.717) is 5.56 Å². The topological polar surface area (TPSA) is 83.7 Å². The predicted octanol–water partition coefficient (Wildman–Crippen LogP) is 1.84. The molecule has 0 atom stereocenters. The lowest BCUT2D eigenvalue weighted by molar-refractivity contribution is -0.384. The second-order valence-corrected chi connectivity index (χ2v) is 5.05. The van der Waals surface area contributed by atoms with E-state index in [9.17, 15) is 20.0 Å². The van der Waals surface area contributed by atoms with Crippen LogP contribution in [-0.4, -0.2) is 40.0 Å². The third-order valence-electron chi connectivity index (χ3n) is 3.12. The smallest absolute Gasteiger partial charge is 0.270 e. The van der Waals surface area contributed by atoms with Gasteiger partial charge >= 0.3 is 0 Å². The van der Waals surface area contributed by atoms with Gasteiger partial charge < -0.3 is 10.0 Å². The highest BCUT2D eigenvalue weighted by atomic mass is 16.6. The van der Waals surface area contributed by atoms with Crippen LogP contribution in [0.5, 0.6) is 0 Å². The number of aliphatic hydroxyl groups excluding tert-OH is 1. The second kappa shape index (κ2) is 6.29. The third kappa shape index (κ3) is 3.89. The van der Waals surface area contributed by atoms with Gasteiger partial charge in [0.25, 0.3) is 5.69 Å². The van der Waals surface area contributed by atoms with E-state index >= 15 is 0 Å². The molecule has 0 radical (unpaired) electrons. The Labute approximate surface area is 117 Å². The minimum absolute atomic E-state index is 0.0244. The molecule has 20 heavy (non-hydrogen) atoms. The van der Waals surface area contributed by atoms with Crippen molar-refractivity contribution in [2.45, 2.75) is 19.4 Å². The van der Waals surface area contributed by atoms with Gasteiger partial charge in [0.2, 0.25) is 5.91 Å². The third-order valence-corrected chi connectivity index (χ3v) is 3.12. The fourth-order valence-electron chi connectivity index (χ4n) is 1.43. The van der Waals surface area contributed by atoms with Gasteiger partial charge in [0, 0.05) is 25.3 Å². The molecule has 1 rings (SSSR count). The van der Waals surface area contributed by atoms with Crippen LogP contribution in [0.4, 0.5) is 5.69 Å². The summed E-state index contributed by atoms with van der Waals surface area (Å²) in [5.41, 5.74) is -0.115. The highest BCUT2D eigenvalue weighted by Crippen LogP contribution is 2.15. The quantitative estimate of drug-likeness (QED) is 0.506. The van der Waals surface area contributed by atoms with E-state index in [1.165, 1.54) is 29.2 Å². The number of likely N-dealkylation sites (N-methyl/N-ethyl adjacent to an activating group) is 1. The van der Waals surface area contributed by atoms with Gasteiger partial charge in [-0.15, -0.1) is 0 Å². The number of nitro benzene ring substituents is 1. The SMILES string of the molecule is CN(C(=O)/C=C/c1cccc([N+](=O)[O-])c1)C(C)(C)CO. The Morgan fingerprint density at radius 3 is 2.70 bits per heavy atom. The molecule has 6 heteroatoms. The lowest BCUT2D eigenvalue weighted by atomic mass is 10.1. The number of nitrogens with zero attached hydrogens (tertiary/aromatic N) is 2. The van der Waals surface area contributed by atoms with Crippen molar-refractivity contribution in [3.8, 4) is 0 Å². The van der Waals surface area contributed by atoms with E-state index in [0.717, 1.165) is 0 Å². The first kappa shape index (κ1) is 15.8. The zero-order valence-electron chi connectivity index (χ0n) is 11.7. The molecule has 0 aromatic heterocycles. The van der Waals surface area contributed by atoms with Crippen molar-refractivity contribution in [1.29, 1.82) is 0 Å². The normalized spacial score (nSPS) is 11.6. The number of amides is 1. The number of hydrogen-bond donors (Lipinski definition) is 1. The molecule has 0 saturated heterocycles. The van der Waals surface area contributed by atoms with Crippen molar-refractivity contribution in [1.82, 2.24) is 4.90 Å². The monoisotopic (exact) mass is 278 g/mol. The maximum atomic E-state index is 11.9. The fourth-order valence-corrected chi connectivity index (χ4v) is 1.43. The minimum Gasteiger partial charge on any atom is -0.394 e. The lowest BCUT2D eigenvalue weighted by Gasteiger charge is -2.33. The molecule has 0 aliphatic rings. The summed E-state index contributed by atoms with van der Waals surface area (Å²) in [5.74, 6) is -0.282. The average Bonchev–Trinajstić information content (AvgIpc) is 2.44. The summed E-state index contributed by atoms with van der Waals surface area (Å²) in [5, 5.41) is 19.9. The molecular weight excluding hydrogens is 260 g/mol. The Morgan fingerprint density at radius 2 is 2.15 bits per heavy atom. The van der Waals surface area contributed by atoms with Gasteiger partial charge in [-0.1, -0.05) is 12.1 Å². The van der Waals surface area contributed by atoms with Crippen LogP contribution in [0.25, 0.3) is 6.08 Å². The number of hydrogen-bond acceptors (Lipinski definition) is 4. The molecule has 1 aromatic carbocycles. The Bertz CT molecular complexity index is 538. The molecule has 108 valence electrons. The van der Waals surface area contributed by atoms with Crippen molar-refractivity contribution in [2.24, 2.45) is 0 Å². The molecular formula is C14H18N2O4. The Balaban J connectivity index is 2.85. The first-order chi connectivity index (χ1) is 9.27. The van der Waals surface area contributed by atoms with E-state index in [4.69, 9.17) is 0 Å². The Hall–Kier alpha value is -2.21. The van der Waals surface area contributed by atoms with Crippen molar-refractivity contribution in [3.05, 3.63) is 46.0 Å². The highest BCUT2D eigenvalue weighted by Gasteiger charge is 2.25. The second-order valence-electron chi connectivity index (χ2n) is 5.05. The molecule has 0 aliphatic carbocycles. The van der Waals surface area contributed by atoms with Gasteiger partial charge in [0.05, 0.1) is 17.1 Å². The molecule has 0 unspecified atom stereocenters. The molecule has 1 N–H and O–H groups in total. The molecule has 0 fully saturated rings. The molecule has 1 aromatic rings. The highest BCUT2D eigenvalue weighted by molar-refractivity contribution is 5.92. The largest absolute Gasteiger partial charge is 0.394 e. The molecule has 1 amide bonds. The summed E-state index contributed by atoms with van der Waals surface area (Å²) in [6, 6.07) is 6.01. The van der Waals surface area contributed by atoms with E-state index in [1.807, 2.05) is 0 Å². The van der Waals surface area contributed by atoms with E-state index in [-0.39, 0.29) is 18.2 Å². The summed E-state index contributed by atoms with van der Waals surface area (Å²) in [6.45, 7) is 3.33. The Morgan fingerprint density at radius 1 is 1.50 bits per heavy atom. The maximum Gasteiger partial charge on any atom is 0.270 e. The molecule has 0 spiro atoms. The molecule has 0 bridgehead atoms. The first-order valence-corrected chi connectivity index (χ1v) is 6.09. The van der Waals surface area contributed by atoms with Crippen LogP contribution in [0.15, 0.2) is 30.3 Å². The van der Waals surface area contributed by atoms with Crippen LogP contribution in [0, 0.1) is 10.1 Å². The summed E-state index contributed by atoms with van der Waals surface area (Å²) in [4.78, 5) is 23.5. The first-order valence-electron chi connectivity index (χ1n) is 6.09. The van der Waals surface area contributed by atoms with Gasteiger partial charge in [0.1, 0.15) is 0 Å². The van der Waals surface area contributed by atoms with Gasteiger partial charge in [-0.25, -0.2) is 0 Å². The van der Waals surface area contributed by atoms with Crippen molar-refractivity contribution in [2.75, 3.05) is 13.7 Å². The van der Waals surface area contributed by atoms with Crippen LogP contribution in [0.2, 0.25) is 0 Å². The standard InChI is InChI=1S/C14H18N2O4/c1-14(2,10-17)15(3)13(18)8-7-11-5-4-6-12(9-11)16(19)20/h4-9,17H,10H2,1-3H3/b8-7+. The van der Waals surface area contributed by atoms with Crippen LogP contribution in [-0.2, 0) is 4.79 Å². The van der Waals surface area contributed by atoms with Gasteiger partial charge in [-0.05, 0) is 25.5 Å². The van der Waals surface area contributed by atoms with Crippen molar-refractivity contribution >= 4 is 17.7 Å². The summed E-state index contributed by atoms with van der Waals surface area (Å²) >= 11 is 0. The van der Waals surface area contributed by atoms with E-state index in [1.54, 1.807) is 33.0 Å². The number of rotatable bonds is 5. The van der Waals surface area contributed by atoms with Crippen LogP contribution >= 0.6 is 0 Å².